The zero-order chi connectivity index (χ0) is 25.7. The molecule has 0 rings (SSSR count). The molecule has 0 amide bonds. The van der Waals surface area contributed by atoms with E-state index in [1.54, 1.807) is 0 Å². The molecule has 0 radical (unpaired) electrons. The normalized spacial score (nSPS) is 12.0. The third-order valence-electron chi connectivity index (χ3n) is 7.26. The summed E-state index contributed by atoms with van der Waals surface area (Å²) in [5.74, 6) is 0. The Balaban J connectivity index is 3.04. The van der Waals surface area contributed by atoms with E-state index in [1.165, 1.54) is 161 Å². The van der Waals surface area contributed by atoms with E-state index < -0.39 is 7.82 Å². The molecule has 0 aliphatic carbocycles. The average molecular weight is 519 g/mol. The van der Waals surface area contributed by atoms with Crippen molar-refractivity contribution in [1.29, 1.82) is 0 Å². The zero-order valence-electron chi connectivity index (χ0n) is 23.7. The van der Waals surface area contributed by atoms with Crippen molar-refractivity contribution >= 4 is 7.82 Å². The topological polar surface area (TPSA) is 66.8 Å². The van der Waals surface area contributed by atoms with Crippen LogP contribution in [0.3, 0.4) is 0 Å². The van der Waals surface area contributed by atoms with Crippen LogP contribution in [-0.2, 0) is 9.09 Å². The van der Waals surface area contributed by atoms with Crippen LogP contribution in [0.25, 0.3) is 0 Å². The molecule has 0 fully saturated rings. The highest BCUT2D eigenvalue weighted by Crippen LogP contribution is 2.35. The van der Waals surface area contributed by atoms with E-state index in [2.05, 4.69) is 11.4 Å². The number of unbranched alkanes of at least 4 members (excludes halogenated alkanes) is 27. The van der Waals surface area contributed by atoms with Gasteiger partial charge in [-0.15, -0.1) is 0 Å². The van der Waals surface area contributed by atoms with Gasteiger partial charge in [0, 0.05) is 0 Å². The summed E-state index contributed by atoms with van der Waals surface area (Å²) in [5.41, 5.74) is 0. The molecule has 0 aliphatic heterocycles. The van der Waals surface area contributed by atoms with Gasteiger partial charge in [0.25, 0.3) is 0 Å². The zero-order valence-corrected chi connectivity index (χ0v) is 24.6. The second-order valence-corrected chi connectivity index (χ2v) is 12.1. The quantitative estimate of drug-likeness (QED) is 0.0733. The van der Waals surface area contributed by atoms with Crippen LogP contribution >= 0.6 is 7.82 Å². The predicted molar refractivity (Wildman–Crippen MR) is 153 cm³/mol. The Morgan fingerprint density at radius 1 is 0.400 bits per heavy atom. The molecule has 0 heterocycles. The van der Waals surface area contributed by atoms with Gasteiger partial charge in [-0.1, -0.05) is 180 Å². The van der Waals surface area contributed by atoms with Crippen molar-refractivity contribution < 1.29 is 18.9 Å². The number of phosphoric acid groups is 1. The van der Waals surface area contributed by atoms with Crippen LogP contribution in [0.2, 0.25) is 0 Å². The highest BCUT2D eigenvalue weighted by molar-refractivity contribution is 7.46. The average Bonchev–Trinajstić information content (AvgIpc) is 2.82. The van der Waals surface area contributed by atoms with Gasteiger partial charge in [0.05, 0.1) is 6.61 Å². The predicted octanol–water partition coefficient (Wildman–Crippen LogP) is 11.0. The molecular formula is C30H63O4P. The van der Waals surface area contributed by atoms with Crippen molar-refractivity contribution in [1.82, 2.24) is 0 Å². The first-order chi connectivity index (χ1) is 17.1. The molecule has 0 unspecified atom stereocenters. The maximum atomic E-state index is 10.6. The molecule has 0 saturated heterocycles. The van der Waals surface area contributed by atoms with Crippen molar-refractivity contribution in [2.75, 3.05) is 6.61 Å². The van der Waals surface area contributed by atoms with E-state index in [9.17, 15) is 4.57 Å². The van der Waals surface area contributed by atoms with Crippen LogP contribution in [0.4, 0.5) is 0 Å². The molecule has 0 aromatic heterocycles. The van der Waals surface area contributed by atoms with Crippen LogP contribution in [0, 0.1) is 0 Å². The van der Waals surface area contributed by atoms with Gasteiger partial charge >= 0.3 is 7.82 Å². The van der Waals surface area contributed by atoms with Gasteiger partial charge in [-0.3, -0.25) is 4.52 Å². The fraction of sp³-hybridized carbons (Fsp3) is 1.00. The Kier molecular flexibility index (Phi) is 28.8. The summed E-state index contributed by atoms with van der Waals surface area (Å²) in [7, 11) is -4.27. The first-order valence-corrected chi connectivity index (χ1v) is 17.3. The molecule has 0 saturated carbocycles. The lowest BCUT2D eigenvalue weighted by atomic mass is 10.0. The van der Waals surface area contributed by atoms with Gasteiger partial charge in [0.1, 0.15) is 0 Å². The molecular weight excluding hydrogens is 455 g/mol. The summed E-state index contributed by atoms with van der Waals surface area (Å²) in [6.07, 6.45) is 38.4. The maximum Gasteiger partial charge on any atom is 0.469 e. The highest BCUT2D eigenvalue weighted by atomic mass is 31.2. The molecule has 0 aromatic rings. The number of rotatable bonds is 30. The van der Waals surface area contributed by atoms with E-state index in [4.69, 9.17) is 9.79 Å². The van der Waals surface area contributed by atoms with Crippen LogP contribution < -0.4 is 0 Å². The first kappa shape index (κ1) is 35.1. The van der Waals surface area contributed by atoms with Crippen LogP contribution in [0.1, 0.15) is 187 Å². The monoisotopic (exact) mass is 518 g/mol. The minimum atomic E-state index is -4.27. The van der Waals surface area contributed by atoms with E-state index in [0.29, 0.717) is 0 Å². The second-order valence-electron chi connectivity index (χ2n) is 10.9. The van der Waals surface area contributed by atoms with Gasteiger partial charge in [-0.25, -0.2) is 4.57 Å². The summed E-state index contributed by atoms with van der Waals surface area (Å²) in [6, 6.07) is 0. The molecule has 0 atom stereocenters. The Labute approximate surface area is 220 Å². The maximum absolute atomic E-state index is 10.6. The SMILES string of the molecule is CCCCCCCCCCCCCCCCCCCCCCCCCCCCCCOP(=O)(O)O. The van der Waals surface area contributed by atoms with E-state index in [1.807, 2.05) is 0 Å². The largest absolute Gasteiger partial charge is 0.469 e. The van der Waals surface area contributed by atoms with Crippen LogP contribution in [-0.4, -0.2) is 16.4 Å². The van der Waals surface area contributed by atoms with Crippen molar-refractivity contribution in [3.8, 4) is 0 Å². The van der Waals surface area contributed by atoms with Gasteiger partial charge in [0.2, 0.25) is 0 Å². The van der Waals surface area contributed by atoms with Crippen LogP contribution in [0.15, 0.2) is 0 Å². The molecule has 4 nitrogen and oxygen atoms in total. The molecule has 0 spiro atoms. The lowest BCUT2D eigenvalue weighted by Crippen LogP contribution is -1.92. The lowest BCUT2D eigenvalue weighted by Gasteiger charge is -2.05. The number of phosphoric ester groups is 1. The van der Waals surface area contributed by atoms with Crippen molar-refractivity contribution in [3.05, 3.63) is 0 Å². The van der Waals surface area contributed by atoms with E-state index in [-0.39, 0.29) is 6.61 Å². The van der Waals surface area contributed by atoms with Crippen molar-refractivity contribution in [2.45, 2.75) is 187 Å². The Hall–Kier alpha value is 0.110. The van der Waals surface area contributed by atoms with Crippen LogP contribution in [0.5, 0.6) is 0 Å². The Morgan fingerprint density at radius 3 is 0.800 bits per heavy atom. The molecule has 2 N–H and O–H groups in total. The highest BCUT2D eigenvalue weighted by Gasteiger charge is 2.12. The summed E-state index contributed by atoms with van der Waals surface area (Å²) in [5, 5.41) is 0. The number of hydrogen-bond donors (Lipinski definition) is 2. The second kappa shape index (κ2) is 28.7. The fourth-order valence-electron chi connectivity index (χ4n) is 4.95. The molecule has 212 valence electrons. The third-order valence-corrected chi connectivity index (χ3v) is 7.78. The minimum Gasteiger partial charge on any atom is -0.303 e. The fourth-order valence-corrected chi connectivity index (χ4v) is 5.32. The van der Waals surface area contributed by atoms with Crippen molar-refractivity contribution in [3.63, 3.8) is 0 Å². The number of hydrogen-bond acceptors (Lipinski definition) is 2. The van der Waals surface area contributed by atoms with Gasteiger partial charge in [0.15, 0.2) is 0 Å². The summed E-state index contributed by atoms with van der Waals surface area (Å²) in [4.78, 5) is 17.2. The lowest BCUT2D eigenvalue weighted by molar-refractivity contribution is 0.193. The molecule has 0 bridgehead atoms. The van der Waals surface area contributed by atoms with E-state index in [0.717, 1.165) is 19.3 Å². The molecule has 0 aliphatic rings. The Morgan fingerprint density at radius 2 is 0.600 bits per heavy atom. The summed E-state index contributed by atoms with van der Waals surface area (Å²) >= 11 is 0. The molecule has 0 aromatic carbocycles. The third kappa shape index (κ3) is 34.1. The smallest absolute Gasteiger partial charge is 0.303 e. The summed E-state index contributed by atoms with van der Waals surface area (Å²) in [6.45, 7) is 2.46. The molecule has 35 heavy (non-hydrogen) atoms. The summed E-state index contributed by atoms with van der Waals surface area (Å²) < 4.78 is 15.0. The first-order valence-electron chi connectivity index (χ1n) is 15.8. The Bertz CT molecular complexity index is 438. The minimum absolute atomic E-state index is 0.170. The van der Waals surface area contributed by atoms with Gasteiger partial charge in [-0.05, 0) is 6.42 Å². The van der Waals surface area contributed by atoms with Crippen molar-refractivity contribution in [2.24, 2.45) is 0 Å². The van der Waals surface area contributed by atoms with E-state index >= 15 is 0 Å². The standard InChI is InChI=1S/C30H63O4P/c1-2-3-4-5-6-7-8-9-10-11-12-13-14-15-16-17-18-19-20-21-22-23-24-25-26-27-28-29-30-34-35(31,32)33/h2-30H2,1H3,(H2,31,32,33). The van der Waals surface area contributed by atoms with Gasteiger partial charge in [-0.2, -0.15) is 0 Å². The molecule has 5 heteroatoms. The van der Waals surface area contributed by atoms with Gasteiger partial charge < -0.3 is 9.79 Å².